The van der Waals surface area contributed by atoms with E-state index in [-0.39, 0.29) is 11.6 Å². The van der Waals surface area contributed by atoms with Gasteiger partial charge in [0.15, 0.2) is 10.8 Å². The molecule has 0 unspecified atom stereocenters. The van der Waals surface area contributed by atoms with Gasteiger partial charge in [-0.2, -0.15) is 8.42 Å². The molecule has 0 aliphatic heterocycles. The van der Waals surface area contributed by atoms with Crippen molar-refractivity contribution in [2.45, 2.75) is 18.5 Å². The third kappa shape index (κ3) is 3.80. The second-order valence-corrected chi connectivity index (χ2v) is 7.91. The maximum absolute atomic E-state index is 13.1. The molecule has 0 atom stereocenters. The summed E-state index contributed by atoms with van der Waals surface area (Å²) in [6.45, 7) is 1.99. The van der Waals surface area contributed by atoms with Crippen LogP contribution in [0.2, 0.25) is 0 Å². The maximum atomic E-state index is 13.1. The van der Waals surface area contributed by atoms with Crippen LogP contribution in [0, 0.1) is 6.92 Å². The molecule has 0 aliphatic carbocycles. The van der Waals surface area contributed by atoms with Crippen molar-refractivity contribution in [3.8, 4) is 5.75 Å². The Labute approximate surface area is 150 Å². The topological polar surface area (TPSA) is 72.4 Å². The molecule has 6 nitrogen and oxygen atoms in total. The van der Waals surface area contributed by atoms with Crippen LogP contribution in [-0.4, -0.2) is 25.5 Å². The number of hydrogen-bond acceptors (Lipinski definition) is 6. The van der Waals surface area contributed by atoms with E-state index in [9.17, 15) is 8.42 Å². The van der Waals surface area contributed by atoms with Gasteiger partial charge in [-0.3, -0.25) is 0 Å². The summed E-state index contributed by atoms with van der Waals surface area (Å²) in [6, 6.07) is 10.6. The summed E-state index contributed by atoms with van der Waals surface area (Å²) in [6.07, 6.45) is 1.49. The lowest BCUT2D eigenvalue weighted by Gasteiger charge is -2.22. The van der Waals surface area contributed by atoms with Crippen molar-refractivity contribution in [3.05, 3.63) is 64.6 Å². The molecule has 0 N–H and O–H groups in total. The van der Waals surface area contributed by atoms with E-state index in [1.807, 2.05) is 19.1 Å². The van der Waals surface area contributed by atoms with Crippen LogP contribution in [0.3, 0.4) is 0 Å². The quantitative estimate of drug-likeness (QED) is 0.661. The van der Waals surface area contributed by atoms with Crippen LogP contribution in [0.1, 0.15) is 11.1 Å². The highest BCUT2D eigenvalue weighted by atomic mass is 32.2. The lowest BCUT2D eigenvalue weighted by Crippen LogP contribution is -2.31. The number of rotatable bonds is 6. The summed E-state index contributed by atoms with van der Waals surface area (Å²) in [5, 5.41) is 1.71. The van der Waals surface area contributed by atoms with Crippen LogP contribution in [0.15, 0.2) is 58.5 Å². The molecule has 0 saturated carbocycles. The second-order valence-electron chi connectivity index (χ2n) is 5.38. The maximum Gasteiger partial charge on any atom is 0.283 e. The summed E-state index contributed by atoms with van der Waals surface area (Å²) in [5.41, 5.74) is 3.26. The number of hydrogen-bond donors (Lipinski definition) is 0. The molecule has 3 rings (SSSR count). The SMILES string of the molecule is COc1ccc(CN(c2cscn2)S(=O)(=O)c2cc(C)ccn2)cc1. The first-order chi connectivity index (χ1) is 12.0. The molecular formula is C17H17N3O3S2. The number of pyridine rings is 1. The molecule has 8 heteroatoms. The average molecular weight is 375 g/mol. The number of anilines is 1. The number of methoxy groups -OCH3 is 1. The number of aryl methyl sites for hydroxylation is 1. The van der Waals surface area contributed by atoms with Gasteiger partial charge >= 0.3 is 0 Å². The first-order valence-electron chi connectivity index (χ1n) is 7.47. The van der Waals surface area contributed by atoms with Gasteiger partial charge in [0.1, 0.15) is 5.75 Å². The summed E-state index contributed by atoms with van der Waals surface area (Å²) < 4.78 is 32.6. The summed E-state index contributed by atoms with van der Waals surface area (Å²) in [5.74, 6) is 1.09. The van der Waals surface area contributed by atoms with E-state index in [2.05, 4.69) is 9.97 Å². The Bertz CT molecular complexity index is 940. The zero-order chi connectivity index (χ0) is 17.9. The Morgan fingerprint density at radius 2 is 1.92 bits per heavy atom. The largest absolute Gasteiger partial charge is 0.497 e. The van der Waals surface area contributed by atoms with E-state index in [1.165, 1.54) is 21.8 Å². The molecule has 0 saturated heterocycles. The van der Waals surface area contributed by atoms with Crippen molar-refractivity contribution < 1.29 is 13.2 Å². The van der Waals surface area contributed by atoms with Crippen LogP contribution in [-0.2, 0) is 16.6 Å². The van der Waals surface area contributed by atoms with Gasteiger partial charge in [-0.25, -0.2) is 14.3 Å². The highest BCUT2D eigenvalue weighted by molar-refractivity contribution is 7.92. The van der Waals surface area contributed by atoms with Gasteiger partial charge in [0.25, 0.3) is 10.0 Å². The molecule has 0 fully saturated rings. The fourth-order valence-corrected chi connectivity index (χ4v) is 4.30. The highest BCUT2D eigenvalue weighted by Crippen LogP contribution is 2.25. The second kappa shape index (κ2) is 7.20. The predicted octanol–water partition coefficient (Wildman–Crippen LogP) is 3.25. The Kier molecular flexibility index (Phi) is 5.00. The van der Waals surface area contributed by atoms with Crippen molar-refractivity contribution in [1.29, 1.82) is 0 Å². The fourth-order valence-electron chi connectivity index (χ4n) is 2.28. The molecule has 2 aromatic heterocycles. The summed E-state index contributed by atoms with van der Waals surface area (Å²) in [4.78, 5) is 8.21. The first-order valence-corrected chi connectivity index (χ1v) is 9.85. The molecule has 0 radical (unpaired) electrons. The molecule has 3 aromatic rings. The van der Waals surface area contributed by atoms with E-state index in [4.69, 9.17) is 4.74 Å². The summed E-state index contributed by atoms with van der Waals surface area (Å²) in [7, 11) is -2.24. The molecular weight excluding hydrogens is 358 g/mol. The highest BCUT2D eigenvalue weighted by Gasteiger charge is 2.28. The lowest BCUT2D eigenvalue weighted by atomic mass is 10.2. The van der Waals surface area contributed by atoms with E-state index in [1.54, 1.807) is 42.3 Å². The van der Waals surface area contributed by atoms with Crippen molar-refractivity contribution in [1.82, 2.24) is 9.97 Å². The van der Waals surface area contributed by atoms with Crippen molar-refractivity contribution in [2.24, 2.45) is 0 Å². The van der Waals surface area contributed by atoms with E-state index >= 15 is 0 Å². The van der Waals surface area contributed by atoms with Crippen LogP contribution >= 0.6 is 11.3 Å². The van der Waals surface area contributed by atoms with E-state index in [0.29, 0.717) is 11.6 Å². The zero-order valence-electron chi connectivity index (χ0n) is 13.8. The minimum Gasteiger partial charge on any atom is -0.497 e. The van der Waals surface area contributed by atoms with Crippen LogP contribution < -0.4 is 9.04 Å². The summed E-state index contributed by atoms with van der Waals surface area (Å²) >= 11 is 1.34. The Morgan fingerprint density at radius 3 is 2.52 bits per heavy atom. The Balaban J connectivity index is 2.00. The average Bonchev–Trinajstić information content (AvgIpc) is 3.14. The van der Waals surface area contributed by atoms with E-state index < -0.39 is 10.0 Å². The first kappa shape index (κ1) is 17.4. The number of thiazole rings is 1. The molecule has 0 bridgehead atoms. The number of aromatic nitrogens is 2. The normalized spacial score (nSPS) is 11.3. The lowest BCUT2D eigenvalue weighted by molar-refractivity contribution is 0.414. The number of sulfonamides is 1. The third-order valence-electron chi connectivity index (χ3n) is 3.60. The van der Waals surface area contributed by atoms with Crippen molar-refractivity contribution >= 4 is 27.2 Å². The number of nitrogens with zero attached hydrogens (tertiary/aromatic N) is 3. The minimum absolute atomic E-state index is 0.00834. The number of benzene rings is 1. The van der Waals surface area contributed by atoms with Gasteiger partial charge in [-0.1, -0.05) is 12.1 Å². The Morgan fingerprint density at radius 1 is 1.16 bits per heavy atom. The van der Waals surface area contributed by atoms with Crippen LogP contribution in [0.25, 0.3) is 0 Å². The molecule has 0 amide bonds. The van der Waals surface area contributed by atoms with Gasteiger partial charge in [-0.15, -0.1) is 11.3 Å². The standard InChI is InChI=1S/C17H17N3O3S2/c1-13-7-8-18-17(9-13)25(21,22)20(16-11-24-12-19-16)10-14-3-5-15(23-2)6-4-14/h3-9,11-12H,10H2,1-2H3. The van der Waals surface area contributed by atoms with Gasteiger partial charge in [0.05, 0.1) is 19.2 Å². The van der Waals surface area contributed by atoms with Crippen molar-refractivity contribution in [2.75, 3.05) is 11.4 Å². The third-order valence-corrected chi connectivity index (χ3v) is 5.83. The zero-order valence-corrected chi connectivity index (χ0v) is 15.4. The molecule has 2 heterocycles. The van der Waals surface area contributed by atoms with Gasteiger partial charge in [-0.05, 0) is 42.3 Å². The van der Waals surface area contributed by atoms with Gasteiger partial charge in [0.2, 0.25) is 0 Å². The Hall–Kier alpha value is -2.45. The van der Waals surface area contributed by atoms with Gasteiger partial charge in [0, 0.05) is 11.6 Å². The van der Waals surface area contributed by atoms with E-state index in [0.717, 1.165) is 11.1 Å². The fraction of sp³-hybridized carbons (Fsp3) is 0.176. The number of ether oxygens (including phenoxy) is 1. The monoisotopic (exact) mass is 375 g/mol. The van der Waals surface area contributed by atoms with Crippen LogP contribution in [0.5, 0.6) is 5.75 Å². The van der Waals surface area contributed by atoms with Gasteiger partial charge < -0.3 is 4.74 Å². The van der Waals surface area contributed by atoms with Crippen LogP contribution in [0.4, 0.5) is 5.82 Å². The molecule has 130 valence electrons. The predicted molar refractivity (Wildman–Crippen MR) is 97.5 cm³/mol. The van der Waals surface area contributed by atoms with Crippen molar-refractivity contribution in [3.63, 3.8) is 0 Å². The molecule has 1 aromatic carbocycles. The molecule has 0 aliphatic rings. The molecule has 0 spiro atoms. The molecule has 25 heavy (non-hydrogen) atoms. The minimum atomic E-state index is -3.83. The smallest absolute Gasteiger partial charge is 0.283 e.